The average Bonchev–Trinajstić information content (AvgIpc) is 2.12. The van der Waals surface area contributed by atoms with E-state index < -0.39 is 16.7 Å². The van der Waals surface area contributed by atoms with Crippen LogP contribution < -0.4 is 0 Å². The van der Waals surface area contributed by atoms with Gasteiger partial charge in [0, 0.05) is 11.1 Å². The smallest absolute Gasteiger partial charge is 0.259 e. The molecule has 0 atom stereocenters. The molecule has 0 aliphatic rings. The summed E-state index contributed by atoms with van der Waals surface area (Å²) in [7, 11) is 0. The first-order chi connectivity index (χ1) is 7.30. The number of rotatable bonds is 2. The number of benzene rings is 1. The summed E-state index contributed by atoms with van der Waals surface area (Å²) in [6.45, 7) is 0. The molecule has 0 bridgehead atoms. The molecule has 0 N–H and O–H groups in total. The summed E-state index contributed by atoms with van der Waals surface area (Å²) in [5, 5.41) is 10.1. The zero-order valence-electron chi connectivity index (χ0n) is 7.66. The van der Waals surface area contributed by atoms with Crippen molar-refractivity contribution < 1.29 is 18.1 Å². The van der Waals surface area contributed by atoms with Crippen molar-refractivity contribution in [1.29, 1.82) is 0 Å². The van der Waals surface area contributed by atoms with Crippen LogP contribution in [0.5, 0.6) is 0 Å². The topological polar surface area (TPSA) is 43.1 Å². The van der Waals surface area contributed by atoms with Crippen molar-refractivity contribution >= 4 is 17.7 Å². The van der Waals surface area contributed by atoms with Gasteiger partial charge in [0.1, 0.15) is 0 Å². The van der Waals surface area contributed by atoms with Gasteiger partial charge < -0.3 is 0 Å². The summed E-state index contributed by atoms with van der Waals surface area (Å²) < 4.78 is 37.4. The van der Waals surface area contributed by atoms with E-state index in [1.165, 1.54) is 0 Å². The van der Waals surface area contributed by atoms with Gasteiger partial charge in [-0.05, 0) is 23.8 Å². The Balaban J connectivity index is 3.24. The predicted molar refractivity (Wildman–Crippen MR) is 52.5 cm³/mol. The lowest BCUT2D eigenvalue weighted by Crippen LogP contribution is -2.07. The van der Waals surface area contributed by atoms with Gasteiger partial charge in [-0.15, -0.1) is 0 Å². The lowest BCUT2D eigenvalue weighted by atomic mass is 10.1. The van der Waals surface area contributed by atoms with Crippen LogP contribution in [0.25, 0.3) is 6.08 Å². The maximum atomic E-state index is 12.5. The molecule has 7 heteroatoms. The zero-order valence-corrected chi connectivity index (χ0v) is 8.42. The van der Waals surface area contributed by atoms with Gasteiger partial charge >= 0.3 is 6.18 Å². The molecule has 0 aliphatic heterocycles. The molecule has 1 rings (SSSR count). The number of nitro groups is 1. The molecule has 0 heterocycles. The molecule has 0 unspecified atom stereocenters. The Kier molecular flexibility index (Phi) is 3.54. The number of nitrogens with zero attached hydrogens (tertiary/aromatic N) is 1. The van der Waals surface area contributed by atoms with Crippen LogP contribution in [0.1, 0.15) is 11.1 Å². The minimum Gasteiger partial charge on any atom is -0.259 e. The molecule has 16 heavy (non-hydrogen) atoms. The largest absolute Gasteiger partial charge is 0.416 e. The van der Waals surface area contributed by atoms with Crippen LogP contribution in [-0.2, 0) is 6.18 Å². The van der Waals surface area contributed by atoms with Crippen LogP contribution in [0.4, 0.5) is 13.2 Å². The Morgan fingerprint density at radius 3 is 2.50 bits per heavy atom. The van der Waals surface area contributed by atoms with E-state index in [0.29, 0.717) is 6.20 Å². The van der Waals surface area contributed by atoms with Gasteiger partial charge in [-0.3, -0.25) is 10.1 Å². The Hall–Kier alpha value is -1.56. The summed E-state index contributed by atoms with van der Waals surface area (Å²) in [4.78, 5) is 9.18. The Labute approximate surface area is 93.3 Å². The number of alkyl halides is 3. The minimum atomic E-state index is -4.57. The predicted octanol–water partition coefficient (Wildman–Crippen LogP) is 3.61. The molecular formula is C9H5ClF3NO2. The molecule has 0 saturated carbocycles. The number of hydrogen-bond donors (Lipinski definition) is 0. The molecule has 0 spiro atoms. The van der Waals surface area contributed by atoms with Crippen molar-refractivity contribution in [2.24, 2.45) is 0 Å². The van der Waals surface area contributed by atoms with E-state index in [9.17, 15) is 23.3 Å². The molecule has 0 aromatic heterocycles. The van der Waals surface area contributed by atoms with Gasteiger partial charge in [-0.2, -0.15) is 13.2 Å². The van der Waals surface area contributed by atoms with E-state index in [1.54, 1.807) is 0 Å². The van der Waals surface area contributed by atoms with E-state index in [2.05, 4.69) is 0 Å². The lowest BCUT2D eigenvalue weighted by molar-refractivity contribution is -0.400. The van der Waals surface area contributed by atoms with Crippen molar-refractivity contribution in [2.75, 3.05) is 0 Å². The van der Waals surface area contributed by atoms with Crippen LogP contribution in [0.2, 0.25) is 5.02 Å². The molecule has 1 aromatic carbocycles. The highest BCUT2D eigenvalue weighted by atomic mass is 35.5. The second-order valence-electron chi connectivity index (χ2n) is 2.83. The first-order valence-electron chi connectivity index (χ1n) is 3.99. The van der Waals surface area contributed by atoms with Crippen molar-refractivity contribution in [3.8, 4) is 0 Å². The van der Waals surface area contributed by atoms with Crippen LogP contribution in [0.3, 0.4) is 0 Å². The van der Waals surface area contributed by atoms with Gasteiger partial charge in [0.25, 0.3) is 0 Å². The minimum absolute atomic E-state index is 0.0796. The molecule has 1 aromatic rings. The third kappa shape index (κ3) is 3.23. The monoisotopic (exact) mass is 251 g/mol. The van der Waals surface area contributed by atoms with Crippen molar-refractivity contribution in [3.63, 3.8) is 0 Å². The summed E-state index contributed by atoms with van der Waals surface area (Å²) in [6, 6.07) is 2.88. The first-order valence-corrected chi connectivity index (χ1v) is 4.37. The lowest BCUT2D eigenvalue weighted by Gasteiger charge is -2.09. The van der Waals surface area contributed by atoms with Crippen molar-refractivity contribution in [2.45, 2.75) is 6.18 Å². The summed E-state index contributed by atoms with van der Waals surface area (Å²) in [5.41, 5.74) is -1.30. The van der Waals surface area contributed by atoms with Crippen LogP contribution in [0, 0.1) is 10.1 Å². The average molecular weight is 252 g/mol. The summed E-state index contributed by atoms with van der Waals surface area (Å²) >= 11 is 5.51. The normalized spacial score (nSPS) is 12.0. The van der Waals surface area contributed by atoms with Crippen molar-refractivity contribution in [3.05, 3.63) is 50.7 Å². The Morgan fingerprint density at radius 1 is 1.38 bits per heavy atom. The van der Waals surface area contributed by atoms with Gasteiger partial charge in [0.05, 0.1) is 10.5 Å². The van der Waals surface area contributed by atoms with Crippen LogP contribution in [-0.4, -0.2) is 4.92 Å². The van der Waals surface area contributed by atoms with Crippen molar-refractivity contribution in [1.82, 2.24) is 0 Å². The van der Waals surface area contributed by atoms with Gasteiger partial charge in [-0.25, -0.2) is 0 Å². The third-order valence-corrected chi connectivity index (χ3v) is 1.93. The van der Waals surface area contributed by atoms with E-state index in [4.69, 9.17) is 11.6 Å². The second kappa shape index (κ2) is 4.52. The molecule has 0 amide bonds. The first kappa shape index (κ1) is 12.5. The fraction of sp³-hybridized carbons (Fsp3) is 0.111. The van der Waals surface area contributed by atoms with E-state index in [1.807, 2.05) is 0 Å². The molecule has 3 nitrogen and oxygen atoms in total. The zero-order chi connectivity index (χ0) is 12.3. The Morgan fingerprint density at radius 2 is 2.00 bits per heavy atom. The highest BCUT2D eigenvalue weighted by Gasteiger charge is 2.32. The van der Waals surface area contributed by atoms with Crippen LogP contribution in [0.15, 0.2) is 24.4 Å². The molecule has 0 fully saturated rings. The highest BCUT2D eigenvalue weighted by Crippen LogP contribution is 2.33. The summed E-state index contributed by atoms with van der Waals surface area (Å²) in [6.07, 6.45) is -3.38. The number of halogens is 4. The molecular weight excluding hydrogens is 247 g/mol. The van der Waals surface area contributed by atoms with E-state index in [-0.39, 0.29) is 10.6 Å². The van der Waals surface area contributed by atoms with Gasteiger partial charge in [0.2, 0.25) is 6.20 Å². The second-order valence-corrected chi connectivity index (χ2v) is 3.27. The number of hydrogen-bond acceptors (Lipinski definition) is 2. The van der Waals surface area contributed by atoms with E-state index >= 15 is 0 Å². The third-order valence-electron chi connectivity index (χ3n) is 1.69. The van der Waals surface area contributed by atoms with Crippen LogP contribution >= 0.6 is 11.6 Å². The summed E-state index contributed by atoms with van der Waals surface area (Å²) in [5.74, 6) is 0. The van der Waals surface area contributed by atoms with E-state index in [0.717, 1.165) is 24.3 Å². The fourth-order valence-electron chi connectivity index (χ4n) is 1.07. The molecule has 0 radical (unpaired) electrons. The maximum Gasteiger partial charge on any atom is 0.416 e. The maximum absolute atomic E-state index is 12.5. The molecule has 0 saturated heterocycles. The molecule has 86 valence electrons. The highest BCUT2D eigenvalue weighted by molar-refractivity contribution is 6.30. The quantitative estimate of drug-likeness (QED) is 0.595. The standard InChI is InChI=1S/C9H5ClF3NO2/c10-7-1-2-8(9(11,12)13)6(5-7)3-4-14(15)16/h1-5H/b4-3+. The SMILES string of the molecule is O=[N+]([O-])/C=C/c1cc(Cl)ccc1C(F)(F)F. The van der Waals surface area contributed by atoms with Gasteiger partial charge in [-0.1, -0.05) is 11.6 Å². The Bertz CT molecular complexity index is 443. The fourth-order valence-corrected chi connectivity index (χ4v) is 1.25. The molecule has 0 aliphatic carbocycles. The van der Waals surface area contributed by atoms with Gasteiger partial charge in [0.15, 0.2) is 0 Å².